The first-order chi connectivity index (χ1) is 9.66. The molecule has 1 aromatic rings. The van der Waals surface area contributed by atoms with Crippen LogP contribution in [0.1, 0.15) is 21.7 Å². The molecule has 9 nitrogen and oxygen atoms in total. The molecule has 1 rings (SSSR count). The zero-order chi connectivity index (χ0) is 16.2. The van der Waals surface area contributed by atoms with E-state index in [0.717, 1.165) is 0 Å². The minimum atomic E-state index is -3.88. The molecule has 0 aliphatic heterocycles. The number of hydrogen-bond donors (Lipinski definition) is 4. The number of ether oxygens (including phenoxy) is 1. The SMILES string of the molecule is Cc1[nH]c(C(=O)O)c(C)c1S(=O)(=O)NCCOCC(N)=O. The summed E-state index contributed by atoms with van der Waals surface area (Å²) >= 11 is 0. The molecule has 0 bridgehead atoms. The van der Waals surface area contributed by atoms with Gasteiger partial charge in [-0.2, -0.15) is 0 Å². The second-order valence-corrected chi connectivity index (χ2v) is 6.00. The van der Waals surface area contributed by atoms with Crippen molar-refractivity contribution in [3.8, 4) is 0 Å². The van der Waals surface area contributed by atoms with Crippen LogP contribution in [0.5, 0.6) is 0 Å². The lowest BCUT2D eigenvalue weighted by Gasteiger charge is -2.07. The molecular weight excluding hydrogens is 302 g/mol. The Labute approximate surface area is 121 Å². The highest BCUT2D eigenvalue weighted by atomic mass is 32.2. The van der Waals surface area contributed by atoms with Gasteiger partial charge in [-0.15, -0.1) is 0 Å². The first kappa shape index (κ1) is 17.1. The molecule has 1 amide bonds. The number of aromatic carboxylic acids is 1. The van der Waals surface area contributed by atoms with Crippen LogP contribution >= 0.6 is 0 Å². The number of carboxylic acid groups (broad SMARTS) is 1. The van der Waals surface area contributed by atoms with Crippen LogP contribution in [0.4, 0.5) is 0 Å². The number of aromatic nitrogens is 1. The van der Waals surface area contributed by atoms with E-state index in [1.165, 1.54) is 13.8 Å². The summed E-state index contributed by atoms with van der Waals surface area (Å²) in [5.74, 6) is -1.89. The molecule has 0 aliphatic rings. The predicted molar refractivity (Wildman–Crippen MR) is 72.4 cm³/mol. The highest BCUT2D eigenvalue weighted by Gasteiger charge is 2.25. The number of nitrogens with two attached hydrogens (primary N) is 1. The van der Waals surface area contributed by atoms with Crippen LogP contribution in [0.15, 0.2) is 4.90 Å². The van der Waals surface area contributed by atoms with Crippen LogP contribution in [0.3, 0.4) is 0 Å². The second kappa shape index (κ2) is 6.70. The average Bonchev–Trinajstić information content (AvgIpc) is 2.64. The van der Waals surface area contributed by atoms with E-state index < -0.39 is 21.9 Å². The van der Waals surface area contributed by atoms with Crippen molar-refractivity contribution >= 4 is 21.9 Å². The summed E-state index contributed by atoms with van der Waals surface area (Å²) in [5, 5.41) is 8.96. The van der Waals surface area contributed by atoms with E-state index in [9.17, 15) is 18.0 Å². The number of nitrogens with one attached hydrogen (secondary N) is 2. The highest BCUT2D eigenvalue weighted by molar-refractivity contribution is 7.89. The maximum Gasteiger partial charge on any atom is 0.352 e. The Bertz CT molecular complexity index is 649. The van der Waals surface area contributed by atoms with Gasteiger partial charge in [-0.05, 0) is 13.8 Å². The third-order valence-corrected chi connectivity index (χ3v) is 4.37. The fraction of sp³-hybridized carbons (Fsp3) is 0.455. The molecule has 10 heteroatoms. The fourth-order valence-electron chi connectivity index (χ4n) is 1.84. The molecule has 21 heavy (non-hydrogen) atoms. The van der Waals surface area contributed by atoms with E-state index >= 15 is 0 Å². The van der Waals surface area contributed by atoms with Crippen molar-refractivity contribution < 1.29 is 27.9 Å². The maximum atomic E-state index is 12.1. The van der Waals surface area contributed by atoms with E-state index in [2.05, 4.69) is 9.71 Å². The summed E-state index contributed by atoms with van der Waals surface area (Å²) < 4.78 is 31.4. The van der Waals surface area contributed by atoms with Crippen LogP contribution in [-0.2, 0) is 19.6 Å². The van der Waals surface area contributed by atoms with E-state index in [1.54, 1.807) is 0 Å². The standard InChI is InChI=1S/C11H17N3O6S/c1-6-9(11(16)17)14-7(2)10(6)21(18,19)13-3-4-20-5-8(12)15/h13-14H,3-5H2,1-2H3,(H2,12,15)(H,16,17). The summed E-state index contributed by atoms with van der Waals surface area (Å²) in [7, 11) is -3.88. The lowest BCUT2D eigenvalue weighted by Crippen LogP contribution is -2.29. The number of carbonyl (C=O) groups is 2. The molecule has 0 saturated heterocycles. The normalized spacial score (nSPS) is 11.5. The number of hydrogen-bond acceptors (Lipinski definition) is 5. The van der Waals surface area contributed by atoms with Gasteiger partial charge in [0.05, 0.1) is 6.61 Å². The largest absolute Gasteiger partial charge is 0.477 e. The van der Waals surface area contributed by atoms with Crippen molar-refractivity contribution in [1.82, 2.24) is 9.71 Å². The van der Waals surface area contributed by atoms with Gasteiger partial charge in [-0.1, -0.05) is 0 Å². The number of rotatable bonds is 8. The number of carboxylic acids is 1. The molecule has 0 fully saturated rings. The molecule has 0 aromatic carbocycles. The predicted octanol–water partition coefficient (Wildman–Crippen LogP) is -0.890. The van der Waals surface area contributed by atoms with Crippen LogP contribution in [0.2, 0.25) is 0 Å². The quantitative estimate of drug-likeness (QED) is 0.456. The average molecular weight is 319 g/mol. The Morgan fingerprint density at radius 3 is 2.48 bits per heavy atom. The van der Waals surface area contributed by atoms with Gasteiger partial charge in [0.2, 0.25) is 15.9 Å². The Kier molecular flexibility index (Phi) is 5.47. The fourth-order valence-corrected chi connectivity index (χ4v) is 3.30. The Balaban J connectivity index is 2.80. The van der Waals surface area contributed by atoms with Crippen molar-refractivity contribution in [1.29, 1.82) is 0 Å². The zero-order valence-electron chi connectivity index (χ0n) is 11.6. The van der Waals surface area contributed by atoms with Crippen LogP contribution in [0, 0.1) is 13.8 Å². The molecule has 0 aliphatic carbocycles. The van der Waals surface area contributed by atoms with Crippen molar-refractivity contribution in [3.63, 3.8) is 0 Å². The third-order valence-electron chi connectivity index (χ3n) is 2.63. The van der Waals surface area contributed by atoms with E-state index in [0.29, 0.717) is 0 Å². The Morgan fingerprint density at radius 2 is 2.00 bits per heavy atom. The van der Waals surface area contributed by atoms with Gasteiger partial charge in [0.15, 0.2) is 0 Å². The van der Waals surface area contributed by atoms with Crippen LogP contribution < -0.4 is 10.5 Å². The van der Waals surface area contributed by atoms with Gasteiger partial charge < -0.3 is 20.6 Å². The number of sulfonamides is 1. The summed E-state index contributed by atoms with van der Waals surface area (Å²) in [6.45, 7) is 2.48. The molecule has 0 atom stereocenters. The lowest BCUT2D eigenvalue weighted by atomic mass is 10.2. The summed E-state index contributed by atoms with van der Waals surface area (Å²) in [5.41, 5.74) is 5.05. The highest BCUT2D eigenvalue weighted by Crippen LogP contribution is 2.22. The van der Waals surface area contributed by atoms with E-state index in [4.69, 9.17) is 15.6 Å². The van der Waals surface area contributed by atoms with Gasteiger partial charge in [-0.3, -0.25) is 4.79 Å². The molecule has 0 unspecified atom stereocenters. The van der Waals surface area contributed by atoms with Crippen molar-refractivity contribution in [2.24, 2.45) is 5.73 Å². The number of H-pyrrole nitrogens is 1. The number of primary amides is 1. The number of aromatic amines is 1. The first-order valence-corrected chi connectivity index (χ1v) is 7.43. The van der Waals surface area contributed by atoms with E-state index in [-0.39, 0.29) is 41.6 Å². The summed E-state index contributed by atoms with van der Waals surface area (Å²) in [6, 6.07) is 0. The van der Waals surface area contributed by atoms with Crippen molar-refractivity contribution in [2.45, 2.75) is 18.7 Å². The lowest BCUT2D eigenvalue weighted by molar-refractivity contribution is -0.122. The summed E-state index contributed by atoms with van der Waals surface area (Å²) in [6.07, 6.45) is 0. The summed E-state index contributed by atoms with van der Waals surface area (Å²) in [4.78, 5) is 23.8. The molecule has 118 valence electrons. The first-order valence-electron chi connectivity index (χ1n) is 5.95. The second-order valence-electron chi connectivity index (χ2n) is 4.30. The molecule has 0 saturated carbocycles. The minimum Gasteiger partial charge on any atom is -0.477 e. The maximum absolute atomic E-state index is 12.1. The van der Waals surface area contributed by atoms with Gasteiger partial charge in [-0.25, -0.2) is 17.9 Å². The van der Waals surface area contributed by atoms with Gasteiger partial charge in [0, 0.05) is 17.8 Å². The zero-order valence-corrected chi connectivity index (χ0v) is 12.4. The van der Waals surface area contributed by atoms with Gasteiger partial charge in [0.1, 0.15) is 17.2 Å². The Morgan fingerprint density at radius 1 is 1.38 bits per heavy atom. The molecule has 1 heterocycles. The Hall–Kier alpha value is -1.91. The monoisotopic (exact) mass is 319 g/mol. The number of carbonyl (C=O) groups excluding carboxylic acids is 1. The number of aryl methyl sites for hydroxylation is 1. The number of amides is 1. The van der Waals surface area contributed by atoms with E-state index in [1.807, 2.05) is 0 Å². The van der Waals surface area contributed by atoms with Gasteiger partial charge >= 0.3 is 5.97 Å². The molecule has 1 aromatic heterocycles. The minimum absolute atomic E-state index is 0.0313. The molecule has 0 radical (unpaired) electrons. The van der Waals surface area contributed by atoms with Crippen molar-refractivity contribution in [3.05, 3.63) is 17.0 Å². The smallest absolute Gasteiger partial charge is 0.352 e. The van der Waals surface area contributed by atoms with Crippen LogP contribution in [0.25, 0.3) is 0 Å². The van der Waals surface area contributed by atoms with Crippen LogP contribution in [-0.4, -0.2) is 50.1 Å². The topological polar surface area (TPSA) is 152 Å². The van der Waals surface area contributed by atoms with Crippen molar-refractivity contribution in [2.75, 3.05) is 19.8 Å². The van der Waals surface area contributed by atoms with Gasteiger partial charge in [0.25, 0.3) is 0 Å². The molecular formula is C11H17N3O6S. The molecule has 0 spiro atoms. The molecule has 5 N–H and O–H groups in total. The third kappa shape index (κ3) is 4.28.